The molecule has 0 heterocycles. The van der Waals surface area contributed by atoms with Crippen molar-refractivity contribution in [1.29, 1.82) is 0 Å². The molecule has 2 N–H and O–H groups in total. The first kappa shape index (κ1) is 14.5. The highest BCUT2D eigenvalue weighted by molar-refractivity contribution is 7.98. The van der Waals surface area contributed by atoms with Crippen molar-refractivity contribution in [2.24, 2.45) is 0 Å². The Hall–Kier alpha value is -1.94. The van der Waals surface area contributed by atoms with Crippen LogP contribution in [0.3, 0.4) is 0 Å². The number of anilines is 1. The fourth-order valence-electron chi connectivity index (χ4n) is 1.90. The molecule has 2 aromatic carbocycles. The van der Waals surface area contributed by atoms with Crippen molar-refractivity contribution >= 4 is 23.4 Å². The minimum atomic E-state index is -0.887. The van der Waals surface area contributed by atoms with Gasteiger partial charge in [0.2, 0.25) is 0 Å². The number of carboxylic acids is 1. The van der Waals surface area contributed by atoms with Gasteiger partial charge in [-0.15, -0.1) is 11.8 Å². The van der Waals surface area contributed by atoms with E-state index in [1.807, 2.05) is 61.7 Å². The van der Waals surface area contributed by atoms with Crippen molar-refractivity contribution in [3.8, 4) is 0 Å². The SMILES string of the molecule is CSc1ccc(C(Nc2ccc(C)cc2)C(=O)O)cc1. The summed E-state index contributed by atoms with van der Waals surface area (Å²) < 4.78 is 0. The summed E-state index contributed by atoms with van der Waals surface area (Å²) >= 11 is 1.64. The first-order chi connectivity index (χ1) is 9.60. The fourth-order valence-corrected chi connectivity index (χ4v) is 2.31. The number of aryl methyl sites for hydroxylation is 1. The van der Waals surface area contributed by atoms with Gasteiger partial charge in [0.1, 0.15) is 0 Å². The van der Waals surface area contributed by atoms with Crippen molar-refractivity contribution in [2.75, 3.05) is 11.6 Å². The van der Waals surface area contributed by atoms with E-state index in [1.54, 1.807) is 11.8 Å². The monoisotopic (exact) mass is 287 g/mol. The van der Waals surface area contributed by atoms with Crippen LogP contribution in [0, 0.1) is 6.92 Å². The van der Waals surface area contributed by atoms with E-state index in [1.165, 1.54) is 0 Å². The Morgan fingerprint density at radius 1 is 1.10 bits per heavy atom. The van der Waals surface area contributed by atoms with Gasteiger partial charge in [-0.2, -0.15) is 0 Å². The lowest BCUT2D eigenvalue weighted by molar-refractivity contribution is -0.138. The van der Waals surface area contributed by atoms with Crippen LogP contribution in [0.4, 0.5) is 5.69 Å². The molecule has 0 amide bonds. The predicted molar refractivity (Wildman–Crippen MR) is 83.4 cm³/mol. The van der Waals surface area contributed by atoms with Crippen molar-refractivity contribution in [2.45, 2.75) is 17.9 Å². The first-order valence-corrected chi connectivity index (χ1v) is 7.52. The summed E-state index contributed by atoms with van der Waals surface area (Å²) in [5, 5.41) is 12.5. The number of rotatable bonds is 5. The molecule has 3 nitrogen and oxygen atoms in total. The summed E-state index contributed by atoms with van der Waals surface area (Å²) in [4.78, 5) is 12.6. The predicted octanol–water partition coefficient (Wildman–Crippen LogP) is 3.95. The van der Waals surface area contributed by atoms with E-state index in [-0.39, 0.29) is 0 Å². The lowest BCUT2D eigenvalue weighted by Crippen LogP contribution is -2.20. The Labute approximate surface area is 123 Å². The van der Waals surface area contributed by atoms with Crippen molar-refractivity contribution in [3.63, 3.8) is 0 Å². The Morgan fingerprint density at radius 2 is 1.70 bits per heavy atom. The van der Waals surface area contributed by atoms with Crippen LogP contribution in [-0.2, 0) is 4.79 Å². The third-order valence-corrected chi connectivity index (χ3v) is 3.80. The van der Waals surface area contributed by atoms with E-state index < -0.39 is 12.0 Å². The number of carboxylic acid groups (broad SMARTS) is 1. The lowest BCUT2D eigenvalue weighted by Gasteiger charge is -2.16. The Morgan fingerprint density at radius 3 is 2.20 bits per heavy atom. The second-order valence-electron chi connectivity index (χ2n) is 4.55. The van der Waals surface area contributed by atoms with E-state index in [4.69, 9.17) is 0 Å². The van der Waals surface area contributed by atoms with E-state index in [0.717, 1.165) is 21.7 Å². The smallest absolute Gasteiger partial charge is 0.330 e. The van der Waals surface area contributed by atoms with Gasteiger partial charge in [-0.3, -0.25) is 0 Å². The average molecular weight is 287 g/mol. The summed E-state index contributed by atoms with van der Waals surface area (Å²) in [6.07, 6.45) is 1.99. The molecule has 0 saturated carbocycles. The second-order valence-corrected chi connectivity index (χ2v) is 5.43. The number of carbonyl (C=O) groups is 1. The highest BCUT2D eigenvalue weighted by Crippen LogP contribution is 2.23. The normalized spacial score (nSPS) is 11.9. The standard InChI is InChI=1S/C16H17NO2S/c1-11-3-7-13(8-4-11)17-15(16(18)19)12-5-9-14(20-2)10-6-12/h3-10,15,17H,1-2H3,(H,18,19). The van der Waals surface area contributed by atoms with Crippen LogP contribution < -0.4 is 5.32 Å². The molecule has 20 heavy (non-hydrogen) atoms. The van der Waals surface area contributed by atoms with Gasteiger partial charge < -0.3 is 10.4 Å². The highest BCUT2D eigenvalue weighted by atomic mass is 32.2. The van der Waals surface area contributed by atoms with Gasteiger partial charge >= 0.3 is 5.97 Å². The molecular formula is C16H17NO2S. The molecule has 0 fully saturated rings. The molecule has 2 aromatic rings. The molecule has 0 aliphatic heterocycles. The minimum Gasteiger partial charge on any atom is -0.479 e. The molecule has 0 saturated heterocycles. The molecule has 1 unspecified atom stereocenters. The van der Waals surface area contributed by atoms with Crippen molar-refractivity contribution < 1.29 is 9.90 Å². The largest absolute Gasteiger partial charge is 0.479 e. The lowest BCUT2D eigenvalue weighted by atomic mass is 10.1. The zero-order chi connectivity index (χ0) is 14.5. The first-order valence-electron chi connectivity index (χ1n) is 6.30. The van der Waals surface area contributed by atoms with Crippen LogP contribution in [0.15, 0.2) is 53.4 Å². The minimum absolute atomic E-state index is 0.742. The van der Waals surface area contributed by atoms with Crippen LogP contribution >= 0.6 is 11.8 Å². The van der Waals surface area contributed by atoms with E-state index in [2.05, 4.69) is 5.32 Å². The quantitative estimate of drug-likeness (QED) is 0.817. The molecule has 0 aliphatic carbocycles. The molecule has 0 aliphatic rings. The molecule has 0 spiro atoms. The van der Waals surface area contributed by atoms with Crippen molar-refractivity contribution in [1.82, 2.24) is 0 Å². The van der Waals surface area contributed by atoms with Gasteiger partial charge in [0.25, 0.3) is 0 Å². The average Bonchev–Trinajstić information content (AvgIpc) is 2.46. The number of benzene rings is 2. The molecule has 0 radical (unpaired) electrons. The van der Waals surface area contributed by atoms with Gasteiger partial charge in [0.15, 0.2) is 6.04 Å². The number of nitrogens with one attached hydrogen (secondary N) is 1. The van der Waals surface area contributed by atoms with Gasteiger partial charge in [-0.1, -0.05) is 29.8 Å². The number of aliphatic carboxylic acids is 1. The van der Waals surface area contributed by atoms with Crippen LogP contribution in [0.2, 0.25) is 0 Å². The fraction of sp³-hybridized carbons (Fsp3) is 0.188. The van der Waals surface area contributed by atoms with Crippen LogP contribution in [0.1, 0.15) is 17.2 Å². The topological polar surface area (TPSA) is 49.3 Å². The van der Waals surface area contributed by atoms with Gasteiger partial charge in [-0.25, -0.2) is 4.79 Å². The molecule has 104 valence electrons. The second kappa shape index (κ2) is 6.48. The zero-order valence-electron chi connectivity index (χ0n) is 11.5. The summed E-state index contributed by atoms with van der Waals surface area (Å²) in [7, 11) is 0. The Kier molecular flexibility index (Phi) is 4.69. The third-order valence-electron chi connectivity index (χ3n) is 3.06. The maximum atomic E-state index is 11.5. The number of hydrogen-bond acceptors (Lipinski definition) is 3. The van der Waals surface area contributed by atoms with E-state index in [9.17, 15) is 9.90 Å². The van der Waals surface area contributed by atoms with Gasteiger partial charge in [0.05, 0.1) is 0 Å². The molecule has 2 rings (SSSR count). The summed E-state index contributed by atoms with van der Waals surface area (Å²) in [5.74, 6) is -0.887. The van der Waals surface area contributed by atoms with Crippen LogP contribution in [0.25, 0.3) is 0 Å². The molecule has 4 heteroatoms. The Balaban J connectivity index is 2.22. The molecular weight excluding hydrogens is 270 g/mol. The summed E-state index contributed by atoms with van der Waals surface area (Å²) in [5.41, 5.74) is 2.69. The van der Waals surface area contributed by atoms with Crippen LogP contribution in [-0.4, -0.2) is 17.3 Å². The maximum Gasteiger partial charge on any atom is 0.330 e. The van der Waals surface area contributed by atoms with Crippen molar-refractivity contribution in [3.05, 3.63) is 59.7 Å². The molecule has 1 atom stereocenters. The Bertz CT molecular complexity index is 578. The van der Waals surface area contributed by atoms with Gasteiger partial charge in [0, 0.05) is 10.6 Å². The summed E-state index contributed by atoms with van der Waals surface area (Å²) in [6, 6.07) is 14.5. The zero-order valence-corrected chi connectivity index (χ0v) is 12.3. The number of thioether (sulfide) groups is 1. The number of hydrogen-bond donors (Lipinski definition) is 2. The summed E-state index contributed by atoms with van der Waals surface area (Å²) in [6.45, 7) is 2.00. The van der Waals surface area contributed by atoms with Gasteiger partial charge in [-0.05, 0) is 43.0 Å². The molecule has 0 bridgehead atoms. The van der Waals surface area contributed by atoms with E-state index in [0.29, 0.717) is 0 Å². The van der Waals surface area contributed by atoms with Crippen LogP contribution in [0.5, 0.6) is 0 Å². The molecule has 0 aromatic heterocycles. The maximum absolute atomic E-state index is 11.5. The van der Waals surface area contributed by atoms with E-state index >= 15 is 0 Å². The third kappa shape index (κ3) is 3.54. The highest BCUT2D eigenvalue weighted by Gasteiger charge is 2.19.